The van der Waals surface area contributed by atoms with Crippen LogP contribution in [0.15, 0.2) is 47.4 Å². The molecule has 0 aliphatic carbocycles. The molecule has 8 nitrogen and oxygen atoms in total. The minimum absolute atomic E-state index is 0.132. The van der Waals surface area contributed by atoms with Gasteiger partial charge in [-0.2, -0.15) is 0 Å². The number of nitro benzene ring substituents is 1. The van der Waals surface area contributed by atoms with Gasteiger partial charge in [0.15, 0.2) is 0 Å². The van der Waals surface area contributed by atoms with Gasteiger partial charge < -0.3 is 10.2 Å². The van der Waals surface area contributed by atoms with Crippen LogP contribution >= 0.6 is 0 Å². The number of sulfonamides is 1. The quantitative estimate of drug-likeness (QED) is 0.556. The van der Waals surface area contributed by atoms with Crippen LogP contribution in [0.3, 0.4) is 0 Å². The van der Waals surface area contributed by atoms with Gasteiger partial charge in [-0.05, 0) is 43.7 Å². The van der Waals surface area contributed by atoms with Crippen molar-refractivity contribution in [1.29, 1.82) is 0 Å². The molecule has 2 N–H and O–H groups in total. The predicted molar refractivity (Wildman–Crippen MR) is 105 cm³/mol. The molecule has 0 spiro atoms. The molecule has 144 valence electrons. The number of aryl methyl sites for hydroxylation is 1. The number of para-hydroxylation sites is 1. The first-order valence-electron chi connectivity index (χ1n) is 8.71. The van der Waals surface area contributed by atoms with Crippen molar-refractivity contribution in [2.24, 2.45) is 0 Å². The average Bonchev–Trinajstić information content (AvgIpc) is 2.68. The summed E-state index contributed by atoms with van der Waals surface area (Å²) in [6, 6.07) is 12.1. The summed E-state index contributed by atoms with van der Waals surface area (Å²) in [5, 5.41) is 14.4. The second-order valence-corrected chi connectivity index (χ2v) is 8.18. The van der Waals surface area contributed by atoms with Crippen molar-refractivity contribution in [1.82, 2.24) is 4.72 Å². The molecule has 1 aliphatic heterocycles. The van der Waals surface area contributed by atoms with Crippen LogP contribution in [0.2, 0.25) is 0 Å². The molecular weight excluding hydrogens is 368 g/mol. The van der Waals surface area contributed by atoms with Crippen LogP contribution in [-0.4, -0.2) is 40.0 Å². The monoisotopic (exact) mass is 390 g/mol. The van der Waals surface area contributed by atoms with E-state index in [0.717, 1.165) is 25.5 Å². The number of anilines is 2. The van der Waals surface area contributed by atoms with Crippen molar-refractivity contribution >= 4 is 27.1 Å². The third kappa shape index (κ3) is 4.20. The summed E-state index contributed by atoms with van der Waals surface area (Å²) in [4.78, 5) is 12.9. The zero-order valence-electron chi connectivity index (χ0n) is 15.0. The second-order valence-electron chi connectivity index (χ2n) is 6.29. The van der Waals surface area contributed by atoms with E-state index < -0.39 is 14.9 Å². The molecular formula is C18H22N4O4S. The number of nitrogens with one attached hydrogen (secondary N) is 2. The molecule has 0 unspecified atom stereocenters. The van der Waals surface area contributed by atoms with E-state index in [0.29, 0.717) is 18.8 Å². The molecule has 2 aromatic rings. The van der Waals surface area contributed by atoms with Gasteiger partial charge in [0.1, 0.15) is 5.69 Å². The molecule has 0 radical (unpaired) electrons. The van der Waals surface area contributed by atoms with E-state index in [1.165, 1.54) is 30.4 Å². The predicted octanol–water partition coefficient (Wildman–Crippen LogP) is 2.37. The van der Waals surface area contributed by atoms with E-state index in [4.69, 9.17) is 0 Å². The fourth-order valence-electron chi connectivity index (χ4n) is 3.27. The first-order chi connectivity index (χ1) is 12.9. The first kappa shape index (κ1) is 19.1. The van der Waals surface area contributed by atoms with Crippen LogP contribution in [0.5, 0.6) is 0 Å². The SMILES string of the molecule is CNS(=O)(=O)c1ccc(NCCN2CCCc3ccccc32)c([N+](=O)[O-])c1. The number of nitro groups is 1. The topological polar surface area (TPSA) is 105 Å². The van der Waals surface area contributed by atoms with Gasteiger partial charge in [-0.1, -0.05) is 18.2 Å². The molecule has 2 aromatic carbocycles. The highest BCUT2D eigenvalue weighted by molar-refractivity contribution is 7.89. The summed E-state index contributed by atoms with van der Waals surface area (Å²) in [5.41, 5.74) is 2.57. The Bertz CT molecular complexity index is 946. The highest BCUT2D eigenvalue weighted by Gasteiger charge is 2.21. The minimum Gasteiger partial charge on any atom is -0.378 e. The summed E-state index contributed by atoms with van der Waals surface area (Å²) in [7, 11) is -2.46. The molecule has 0 fully saturated rings. The lowest BCUT2D eigenvalue weighted by Crippen LogP contribution is -2.33. The van der Waals surface area contributed by atoms with Crippen molar-refractivity contribution in [2.45, 2.75) is 17.7 Å². The molecule has 0 saturated heterocycles. The normalized spacial score (nSPS) is 13.9. The lowest BCUT2D eigenvalue weighted by molar-refractivity contribution is -0.384. The molecule has 0 aromatic heterocycles. The summed E-state index contributed by atoms with van der Waals surface area (Å²) >= 11 is 0. The summed E-state index contributed by atoms with van der Waals surface area (Å²) in [5.74, 6) is 0. The average molecular weight is 390 g/mol. The van der Waals surface area contributed by atoms with Gasteiger partial charge in [-0.15, -0.1) is 0 Å². The molecule has 0 atom stereocenters. The van der Waals surface area contributed by atoms with Crippen molar-refractivity contribution in [3.63, 3.8) is 0 Å². The number of rotatable bonds is 7. The Morgan fingerprint density at radius 3 is 2.74 bits per heavy atom. The van der Waals surface area contributed by atoms with E-state index in [1.807, 2.05) is 12.1 Å². The second kappa shape index (κ2) is 7.93. The number of hydrogen-bond acceptors (Lipinski definition) is 6. The van der Waals surface area contributed by atoms with E-state index in [1.54, 1.807) is 0 Å². The third-order valence-electron chi connectivity index (χ3n) is 4.65. The number of nitrogens with zero attached hydrogens (tertiary/aromatic N) is 2. The van der Waals surface area contributed by atoms with Gasteiger partial charge >= 0.3 is 0 Å². The van der Waals surface area contributed by atoms with E-state index in [9.17, 15) is 18.5 Å². The molecule has 27 heavy (non-hydrogen) atoms. The van der Waals surface area contributed by atoms with Crippen LogP contribution in [0.25, 0.3) is 0 Å². The Morgan fingerprint density at radius 1 is 1.22 bits per heavy atom. The fourth-order valence-corrected chi connectivity index (χ4v) is 4.02. The number of benzene rings is 2. The Labute approximate surface area is 158 Å². The highest BCUT2D eigenvalue weighted by atomic mass is 32.2. The van der Waals surface area contributed by atoms with Gasteiger partial charge in [0, 0.05) is 31.4 Å². The van der Waals surface area contributed by atoms with Gasteiger partial charge in [-0.25, -0.2) is 13.1 Å². The van der Waals surface area contributed by atoms with E-state index in [2.05, 4.69) is 27.1 Å². The fraction of sp³-hybridized carbons (Fsp3) is 0.333. The maximum atomic E-state index is 11.9. The third-order valence-corrected chi connectivity index (χ3v) is 6.06. The standard InChI is InChI=1S/C18H22N4O4S/c1-19-27(25,26)15-8-9-16(18(13-15)22(23)24)20-10-12-21-11-4-6-14-5-2-3-7-17(14)21/h2-3,5,7-9,13,19-20H,4,6,10-12H2,1H3. The maximum Gasteiger partial charge on any atom is 0.293 e. The molecule has 1 aliphatic rings. The zero-order valence-corrected chi connectivity index (χ0v) is 15.8. The van der Waals surface area contributed by atoms with Crippen molar-refractivity contribution in [3.8, 4) is 0 Å². The summed E-state index contributed by atoms with van der Waals surface area (Å²) in [6.07, 6.45) is 2.14. The van der Waals surface area contributed by atoms with Crippen LogP contribution < -0.4 is 14.9 Å². The van der Waals surface area contributed by atoms with Gasteiger partial charge in [0.05, 0.1) is 9.82 Å². The van der Waals surface area contributed by atoms with Crippen molar-refractivity contribution in [2.75, 3.05) is 36.9 Å². The lowest BCUT2D eigenvalue weighted by atomic mass is 10.0. The van der Waals surface area contributed by atoms with E-state index >= 15 is 0 Å². The molecule has 1 heterocycles. The van der Waals surface area contributed by atoms with E-state index in [-0.39, 0.29) is 10.6 Å². The van der Waals surface area contributed by atoms with Gasteiger partial charge in [0.2, 0.25) is 10.0 Å². The number of hydrogen-bond donors (Lipinski definition) is 2. The van der Waals surface area contributed by atoms with Crippen molar-refractivity contribution in [3.05, 3.63) is 58.1 Å². The van der Waals surface area contributed by atoms with Crippen LogP contribution in [0, 0.1) is 10.1 Å². The lowest BCUT2D eigenvalue weighted by Gasteiger charge is -2.31. The summed E-state index contributed by atoms with van der Waals surface area (Å²) < 4.78 is 25.9. The van der Waals surface area contributed by atoms with Crippen molar-refractivity contribution < 1.29 is 13.3 Å². The Hall–Kier alpha value is -2.65. The van der Waals surface area contributed by atoms with Gasteiger partial charge in [-0.3, -0.25) is 10.1 Å². The Balaban J connectivity index is 1.72. The molecule has 9 heteroatoms. The number of fused-ring (bicyclic) bond motifs is 1. The molecule has 3 rings (SSSR count). The van der Waals surface area contributed by atoms with Crippen LogP contribution in [0.4, 0.5) is 17.1 Å². The van der Waals surface area contributed by atoms with Crippen LogP contribution in [-0.2, 0) is 16.4 Å². The summed E-state index contributed by atoms with van der Waals surface area (Å²) in [6.45, 7) is 2.15. The van der Waals surface area contributed by atoms with Crippen LogP contribution in [0.1, 0.15) is 12.0 Å². The Morgan fingerprint density at radius 2 is 2.00 bits per heavy atom. The minimum atomic E-state index is -3.73. The maximum absolute atomic E-state index is 11.9. The first-order valence-corrected chi connectivity index (χ1v) is 10.2. The largest absolute Gasteiger partial charge is 0.378 e. The molecule has 0 bridgehead atoms. The highest BCUT2D eigenvalue weighted by Crippen LogP contribution is 2.28. The smallest absolute Gasteiger partial charge is 0.293 e. The zero-order chi connectivity index (χ0) is 19.4. The Kier molecular flexibility index (Phi) is 5.62. The molecule has 0 amide bonds. The van der Waals surface area contributed by atoms with Gasteiger partial charge in [0.25, 0.3) is 5.69 Å². The molecule has 0 saturated carbocycles.